The minimum absolute atomic E-state index is 0.0256. The number of carbonyl (C=O) groups excluding carboxylic acids is 8. The van der Waals surface area contributed by atoms with Gasteiger partial charge in [-0.15, -0.1) is 5.12 Å². The van der Waals surface area contributed by atoms with Crippen LogP contribution in [0.25, 0.3) is 0 Å². The zero-order valence-electron chi connectivity index (χ0n) is 31.1. The smallest absolute Gasteiger partial charge is 0.257 e. The second-order valence-corrected chi connectivity index (χ2v) is 12.4. The number of nitrogens with two attached hydrogens (primary N) is 4. The topological polar surface area (TPSA) is 319 Å². The maximum Gasteiger partial charge on any atom is 0.257 e. The van der Waals surface area contributed by atoms with Gasteiger partial charge in [-0.25, -0.2) is 15.9 Å². The zero-order chi connectivity index (χ0) is 39.6. The van der Waals surface area contributed by atoms with Crippen LogP contribution in [0.4, 0.5) is 0 Å². The number of amides is 8. The Labute approximate surface area is 305 Å². The first-order valence-corrected chi connectivity index (χ1v) is 17.8. The Morgan fingerprint density at radius 2 is 0.827 bits per heavy atom. The fourth-order valence-electron chi connectivity index (χ4n) is 5.19. The Kier molecular flexibility index (Phi) is 25.6. The predicted octanol–water partition coefficient (Wildman–Crippen LogP) is -2.84. The molecule has 0 rings (SSSR count). The monoisotopic (exact) mass is 742 g/mol. The Balaban J connectivity index is 7.50. The molecule has 298 valence electrons. The Morgan fingerprint density at radius 3 is 1.25 bits per heavy atom. The molecule has 4 atom stereocenters. The van der Waals surface area contributed by atoms with Crippen LogP contribution in [-0.2, 0) is 38.4 Å². The maximum atomic E-state index is 14.9. The third-order valence-corrected chi connectivity index (χ3v) is 7.63. The first-order chi connectivity index (χ1) is 24.6. The fraction of sp³-hybridized carbons (Fsp3) is 0.750. The third kappa shape index (κ3) is 19.6. The molecule has 0 heterocycles. The second kappa shape index (κ2) is 27.7. The fourth-order valence-corrected chi connectivity index (χ4v) is 5.19. The molecule has 8 amide bonds. The maximum absolute atomic E-state index is 14.9. The molecule has 0 aliphatic carbocycles. The van der Waals surface area contributed by atoms with Gasteiger partial charge in [0.15, 0.2) is 0 Å². The number of carbonyl (C=O) groups is 8. The molecule has 20 heteroatoms. The molecule has 0 spiro atoms. The summed E-state index contributed by atoms with van der Waals surface area (Å²) in [5, 5.41) is 8.47. The number of nitrogens with one attached hydrogen (secondary N) is 6. The van der Waals surface area contributed by atoms with Crippen LogP contribution in [-0.4, -0.2) is 108 Å². The molecule has 0 radical (unpaired) electrons. The molecule has 0 aromatic rings. The van der Waals surface area contributed by atoms with E-state index in [4.69, 9.17) is 22.9 Å². The molecular formula is C32H62N12O8. The van der Waals surface area contributed by atoms with Crippen molar-refractivity contribution in [2.45, 2.75) is 129 Å². The van der Waals surface area contributed by atoms with Crippen LogP contribution in [0, 0.1) is 0 Å². The highest BCUT2D eigenvalue weighted by atomic mass is 16.2. The SMILES string of the molecule is CC(=O)NC(=O)[C@H](CCCCN)NN[C@@H](CCCCN)C(=O)N([C@@H](CCCCN)C(=O)NC(C)=O)N(NC(C)=O)[C@@H](CCCCN)C(=O)NC(C)=O. The third-order valence-electron chi connectivity index (χ3n) is 7.63. The molecular weight excluding hydrogens is 680 g/mol. The molecule has 0 saturated heterocycles. The molecule has 0 fully saturated rings. The van der Waals surface area contributed by atoms with Gasteiger partial charge < -0.3 is 22.9 Å². The summed E-state index contributed by atoms with van der Waals surface area (Å²) in [5.74, 6) is -6.05. The number of hydrazine groups is 3. The summed E-state index contributed by atoms with van der Waals surface area (Å²) in [4.78, 5) is 104. The van der Waals surface area contributed by atoms with Gasteiger partial charge in [-0.1, -0.05) is 12.8 Å². The number of imide groups is 3. The molecule has 0 unspecified atom stereocenters. The summed E-state index contributed by atoms with van der Waals surface area (Å²) in [6.07, 6.45) is 3.64. The average Bonchev–Trinajstić information content (AvgIpc) is 3.05. The van der Waals surface area contributed by atoms with E-state index in [-0.39, 0.29) is 45.3 Å². The lowest BCUT2D eigenvalue weighted by molar-refractivity contribution is -0.185. The lowest BCUT2D eigenvalue weighted by atomic mass is 10.0. The second-order valence-electron chi connectivity index (χ2n) is 12.4. The van der Waals surface area contributed by atoms with Crippen LogP contribution in [0.15, 0.2) is 0 Å². The summed E-state index contributed by atoms with van der Waals surface area (Å²) in [7, 11) is 0. The van der Waals surface area contributed by atoms with Crippen molar-refractivity contribution in [2.24, 2.45) is 22.9 Å². The van der Waals surface area contributed by atoms with Gasteiger partial charge in [0.1, 0.15) is 24.2 Å². The molecule has 0 aromatic carbocycles. The molecule has 0 aliphatic rings. The van der Waals surface area contributed by atoms with Gasteiger partial charge in [0, 0.05) is 27.7 Å². The molecule has 52 heavy (non-hydrogen) atoms. The number of nitrogens with zero attached hydrogens (tertiary/aromatic N) is 2. The number of unbranched alkanes of at least 4 members (excludes halogenated alkanes) is 4. The zero-order valence-corrected chi connectivity index (χ0v) is 31.1. The van der Waals surface area contributed by atoms with Crippen LogP contribution < -0.4 is 55.2 Å². The minimum Gasteiger partial charge on any atom is -0.330 e. The van der Waals surface area contributed by atoms with Crippen molar-refractivity contribution >= 4 is 47.3 Å². The number of hydrogen-bond donors (Lipinski definition) is 10. The van der Waals surface area contributed by atoms with Crippen molar-refractivity contribution in [1.82, 2.24) is 42.4 Å². The summed E-state index contributed by atoms with van der Waals surface area (Å²) < 4.78 is 0. The highest BCUT2D eigenvalue weighted by Crippen LogP contribution is 2.21. The van der Waals surface area contributed by atoms with E-state index in [1.807, 2.05) is 0 Å². The molecule has 0 aromatic heterocycles. The van der Waals surface area contributed by atoms with Crippen molar-refractivity contribution in [3.63, 3.8) is 0 Å². The Bertz CT molecular complexity index is 1170. The van der Waals surface area contributed by atoms with Crippen LogP contribution >= 0.6 is 0 Å². The first-order valence-electron chi connectivity index (χ1n) is 17.8. The van der Waals surface area contributed by atoms with Gasteiger partial charge in [-0.2, -0.15) is 0 Å². The largest absolute Gasteiger partial charge is 0.330 e. The van der Waals surface area contributed by atoms with Gasteiger partial charge >= 0.3 is 0 Å². The summed E-state index contributed by atoms with van der Waals surface area (Å²) >= 11 is 0. The van der Waals surface area contributed by atoms with Crippen LogP contribution in [0.5, 0.6) is 0 Å². The number of rotatable bonds is 27. The quantitative estimate of drug-likeness (QED) is 0.0299. The standard InChI is InChI=1S/C32H62N12O8/c1-21(45)37-29(49)25(13-5-9-17-33)40-41-26(14-6-10-18-34)32(52)43(27(15-7-11-19-35)30(50)38-22(2)46)44(42-24(4)48)28(16-8-12-20-36)31(51)39-23(3)47/h25-28,40-41H,5-20,33-36H2,1-4H3,(H,42,48)(H,37,45,49)(H,38,46,50)(H,39,47,51)/t25-,26-,27-,28-/m0/s1. The molecule has 14 N–H and O–H groups in total. The summed E-state index contributed by atoms with van der Waals surface area (Å²) in [5.41, 5.74) is 31.1. The molecule has 0 saturated carbocycles. The summed E-state index contributed by atoms with van der Waals surface area (Å²) in [6, 6.07) is -5.16. The normalized spacial score (nSPS) is 13.3. The van der Waals surface area contributed by atoms with Crippen molar-refractivity contribution in [3.05, 3.63) is 0 Å². The minimum atomic E-state index is -1.49. The Morgan fingerprint density at radius 1 is 0.462 bits per heavy atom. The average molecular weight is 743 g/mol. The summed E-state index contributed by atoms with van der Waals surface area (Å²) in [6.45, 7) is 5.69. The van der Waals surface area contributed by atoms with Crippen molar-refractivity contribution in [1.29, 1.82) is 0 Å². The van der Waals surface area contributed by atoms with Crippen molar-refractivity contribution in [2.75, 3.05) is 26.2 Å². The molecule has 0 aliphatic heterocycles. The number of hydrogen-bond acceptors (Lipinski definition) is 15. The van der Waals surface area contributed by atoms with Crippen molar-refractivity contribution in [3.8, 4) is 0 Å². The van der Waals surface area contributed by atoms with Gasteiger partial charge in [0.25, 0.3) is 11.8 Å². The van der Waals surface area contributed by atoms with E-state index >= 15 is 0 Å². The highest BCUT2D eigenvalue weighted by Gasteiger charge is 2.43. The van der Waals surface area contributed by atoms with E-state index in [1.54, 1.807) is 0 Å². The predicted molar refractivity (Wildman–Crippen MR) is 192 cm³/mol. The van der Waals surface area contributed by atoms with Gasteiger partial charge in [-0.3, -0.25) is 59.7 Å². The van der Waals surface area contributed by atoms with Crippen LogP contribution in [0.2, 0.25) is 0 Å². The Hall–Kier alpha value is -3.92. The van der Waals surface area contributed by atoms with Gasteiger partial charge in [-0.05, 0) is 90.4 Å². The van der Waals surface area contributed by atoms with Crippen LogP contribution in [0.3, 0.4) is 0 Å². The van der Waals surface area contributed by atoms with Gasteiger partial charge in [0.2, 0.25) is 35.4 Å². The first kappa shape index (κ1) is 48.1. The van der Waals surface area contributed by atoms with E-state index in [9.17, 15) is 38.4 Å². The van der Waals surface area contributed by atoms with E-state index in [2.05, 4.69) is 32.2 Å². The van der Waals surface area contributed by atoms with E-state index in [0.717, 1.165) is 30.9 Å². The van der Waals surface area contributed by atoms with E-state index < -0.39 is 71.4 Å². The lowest BCUT2D eigenvalue weighted by Gasteiger charge is -2.44. The van der Waals surface area contributed by atoms with Crippen molar-refractivity contribution < 1.29 is 38.4 Å². The van der Waals surface area contributed by atoms with E-state index in [1.165, 1.54) is 6.92 Å². The van der Waals surface area contributed by atoms with E-state index in [0.29, 0.717) is 57.9 Å². The highest BCUT2D eigenvalue weighted by molar-refractivity contribution is 6.00. The lowest BCUT2D eigenvalue weighted by Crippen LogP contribution is -2.70. The molecule has 0 bridgehead atoms. The van der Waals surface area contributed by atoms with Gasteiger partial charge in [0.05, 0.1) is 0 Å². The van der Waals surface area contributed by atoms with Crippen LogP contribution in [0.1, 0.15) is 105 Å². The molecule has 20 nitrogen and oxygen atoms in total.